The number of hydrogen-bond acceptors (Lipinski definition) is 4. The molecular formula is C124H112N4. The Kier molecular flexibility index (Phi) is 28.9. The summed E-state index contributed by atoms with van der Waals surface area (Å²) >= 11 is 0. The van der Waals surface area contributed by atoms with Crippen LogP contribution in [0.3, 0.4) is 0 Å². The van der Waals surface area contributed by atoms with Gasteiger partial charge in [-0.25, -0.2) is 0 Å². The second-order valence-electron chi connectivity index (χ2n) is 32.4. The minimum absolute atomic E-state index is 0. The summed E-state index contributed by atoms with van der Waals surface area (Å²) in [6.45, 7) is 13.2. The molecule has 19 aromatic rings. The van der Waals surface area contributed by atoms with E-state index >= 15 is 0 Å². The SMILES string of the molecule is C.C.C.Cc1ccc(N(c2ccc(-c3ccccc3)cc2)c2ccc(-c3ccccc3)cc2)cc1.Cc1ccc(N(c2ccc(-c3ccccc3)cc2)c2ccccc2-c2ccccc2)cc1.Cc1ccc(N(c2ccccc2)c2ccc(-c3ccc(-c4ccccc4)cc3)cc2)cc1.Cc1ccc(N(c2ccccc2)c2ccc3c(c2)C(C)(C)c2ccccc2-3)cc1. The van der Waals surface area contributed by atoms with Crippen LogP contribution in [0.4, 0.5) is 68.2 Å². The summed E-state index contributed by atoms with van der Waals surface area (Å²) in [7, 11) is 0. The molecule has 0 amide bonds. The molecular weight excluding hydrogens is 1550 g/mol. The topological polar surface area (TPSA) is 13.0 Å². The van der Waals surface area contributed by atoms with Crippen LogP contribution >= 0.6 is 0 Å². The van der Waals surface area contributed by atoms with Crippen molar-refractivity contribution in [3.63, 3.8) is 0 Å². The molecule has 0 aromatic heterocycles. The van der Waals surface area contributed by atoms with Crippen molar-refractivity contribution in [2.75, 3.05) is 19.6 Å². The van der Waals surface area contributed by atoms with E-state index < -0.39 is 0 Å². The van der Waals surface area contributed by atoms with Gasteiger partial charge < -0.3 is 19.6 Å². The summed E-state index contributed by atoms with van der Waals surface area (Å²) in [5, 5.41) is 0. The quantitative estimate of drug-likeness (QED) is 0.0849. The number of fused-ring (bicyclic) bond motifs is 3. The monoisotopic (exact) mass is 1660 g/mol. The molecule has 0 atom stereocenters. The Morgan fingerprint density at radius 3 is 0.648 bits per heavy atom. The lowest BCUT2D eigenvalue weighted by Gasteiger charge is -2.28. The highest BCUT2D eigenvalue weighted by atomic mass is 15.2. The fraction of sp³-hybridized carbons (Fsp3) is 0.0806. The van der Waals surface area contributed by atoms with Crippen LogP contribution in [0.25, 0.3) is 77.9 Å². The Balaban J connectivity index is 0.000000137. The summed E-state index contributed by atoms with van der Waals surface area (Å²) in [5.41, 5.74) is 39.1. The molecule has 0 N–H and O–H groups in total. The van der Waals surface area contributed by atoms with Gasteiger partial charge in [-0.1, -0.05) is 416 Å². The summed E-state index contributed by atoms with van der Waals surface area (Å²) in [5.74, 6) is 0. The standard InChI is InChI=1S/3C31H25N.C28H25N.3CH4/c1-24-16-20-28(21-17-24)32(29-22-18-26(19-23-29)25-10-4-2-5-11-25)31-15-9-8-14-30(31)27-12-6-3-7-13-27;1-24-12-18-29(19-13-24)32(30-20-14-27(15-21-30)25-8-4-2-5-9-25)31-22-16-28(17-23-31)26-10-6-3-7-11-26;1-24-12-20-30(21-13-24)32(29-10-6-3-7-11-29)31-22-18-28(19-23-31)27-16-14-26(15-17-27)25-8-4-2-5-9-25;1-20-13-15-22(16-14-20)29(21-9-5-4-6-10-21)23-17-18-25-24-11-7-8-12-26(24)28(2,3)27(25)19-23;;;/h3*2-23H,1H3;4-19H,1-3H3;3*1H4. The highest BCUT2D eigenvalue weighted by Crippen LogP contribution is 2.51. The third kappa shape index (κ3) is 20.6. The molecule has 0 saturated heterocycles. The normalized spacial score (nSPS) is 11.1. The van der Waals surface area contributed by atoms with Gasteiger partial charge in [-0.15, -0.1) is 0 Å². The van der Waals surface area contributed by atoms with Crippen molar-refractivity contribution in [3.8, 4) is 77.9 Å². The van der Waals surface area contributed by atoms with Crippen LogP contribution in [0.5, 0.6) is 0 Å². The maximum Gasteiger partial charge on any atom is 0.0540 e. The lowest BCUT2D eigenvalue weighted by atomic mass is 9.82. The molecule has 0 radical (unpaired) electrons. The van der Waals surface area contributed by atoms with E-state index in [1.807, 2.05) is 0 Å². The summed E-state index contributed by atoms with van der Waals surface area (Å²) in [4.78, 5) is 9.29. The molecule has 4 heteroatoms. The molecule has 128 heavy (non-hydrogen) atoms. The zero-order valence-electron chi connectivity index (χ0n) is 71.6. The minimum atomic E-state index is -0.00241. The zero-order chi connectivity index (χ0) is 85.3. The lowest BCUT2D eigenvalue weighted by molar-refractivity contribution is 0.660. The number of anilines is 12. The van der Waals surface area contributed by atoms with Crippen LogP contribution < -0.4 is 19.6 Å². The lowest BCUT2D eigenvalue weighted by Crippen LogP contribution is -2.16. The zero-order valence-corrected chi connectivity index (χ0v) is 71.6. The molecule has 4 nitrogen and oxygen atoms in total. The third-order valence-corrected chi connectivity index (χ3v) is 23.4. The fourth-order valence-electron chi connectivity index (χ4n) is 16.6. The molecule has 1 aliphatic carbocycles. The predicted molar refractivity (Wildman–Crippen MR) is 554 cm³/mol. The maximum atomic E-state index is 2.38. The second kappa shape index (κ2) is 41.7. The van der Waals surface area contributed by atoms with Crippen LogP contribution in [0.1, 0.15) is 69.5 Å². The van der Waals surface area contributed by atoms with Crippen molar-refractivity contribution in [1.29, 1.82) is 0 Å². The molecule has 0 spiro atoms. The Labute approximate surface area is 760 Å². The third-order valence-electron chi connectivity index (χ3n) is 23.4. The van der Waals surface area contributed by atoms with Crippen molar-refractivity contribution in [2.45, 2.75) is 69.2 Å². The van der Waals surface area contributed by atoms with Gasteiger partial charge in [0.25, 0.3) is 0 Å². The number of para-hydroxylation sites is 3. The molecule has 0 bridgehead atoms. The van der Waals surface area contributed by atoms with Crippen molar-refractivity contribution in [2.24, 2.45) is 0 Å². The first-order chi connectivity index (χ1) is 61.4. The van der Waals surface area contributed by atoms with Crippen molar-refractivity contribution < 1.29 is 0 Å². The molecule has 0 aliphatic heterocycles. The first-order valence-electron chi connectivity index (χ1n) is 43.1. The molecule has 628 valence electrons. The number of benzene rings is 19. The van der Waals surface area contributed by atoms with Gasteiger partial charge in [0.2, 0.25) is 0 Å². The van der Waals surface area contributed by atoms with E-state index in [4.69, 9.17) is 0 Å². The van der Waals surface area contributed by atoms with Crippen molar-refractivity contribution >= 4 is 68.2 Å². The molecule has 20 rings (SSSR count). The molecule has 19 aromatic carbocycles. The van der Waals surface area contributed by atoms with E-state index in [9.17, 15) is 0 Å². The first kappa shape index (κ1) is 88.7. The number of aryl methyl sites for hydroxylation is 4. The van der Waals surface area contributed by atoms with Crippen molar-refractivity contribution in [1.82, 2.24) is 0 Å². The number of nitrogens with zero attached hydrogens (tertiary/aromatic N) is 4. The van der Waals surface area contributed by atoms with Gasteiger partial charge in [0.1, 0.15) is 0 Å². The van der Waals surface area contributed by atoms with Gasteiger partial charge in [0.15, 0.2) is 0 Å². The van der Waals surface area contributed by atoms with Gasteiger partial charge >= 0.3 is 0 Å². The highest BCUT2D eigenvalue weighted by Gasteiger charge is 2.36. The van der Waals surface area contributed by atoms with Gasteiger partial charge in [0.05, 0.1) is 5.69 Å². The molecule has 0 saturated carbocycles. The molecule has 1 aliphatic rings. The Hall–Kier alpha value is -15.6. The van der Waals surface area contributed by atoms with Crippen LogP contribution in [-0.4, -0.2) is 0 Å². The van der Waals surface area contributed by atoms with Crippen LogP contribution in [0, 0.1) is 27.7 Å². The molecule has 0 fully saturated rings. The number of hydrogen-bond donors (Lipinski definition) is 0. The molecule has 0 unspecified atom stereocenters. The number of rotatable bonds is 18. The Morgan fingerprint density at radius 2 is 0.344 bits per heavy atom. The van der Waals surface area contributed by atoms with Gasteiger partial charge in [-0.3, -0.25) is 0 Å². The van der Waals surface area contributed by atoms with Crippen LogP contribution in [0.15, 0.2) is 497 Å². The van der Waals surface area contributed by atoms with E-state index in [1.54, 1.807) is 0 Å². The van der Waals surface area contributed by atoms with Gasteiger partial charge in [-0.05, 0) is 251 Å². The first-order valence-corrected chi connectivity index (χ1v) is 43.1. The predicted octanol–water partition coefficient (Wildman–Crippen LogP) is 36.1. The highest BCUT2D eigenvalue weighted by molar-refractivity contribution is 5.90. The average Bonchev–Trinajstić information content (AvgIpc) is 1.57. The Bertz CT molecular complexity index is 6570. The summed E-state index contributed by atoms with van der Waals surface area (Å²) in [6, 6.07) is 177. The van der Waals surface area contributed by atoms with Gasteiger partial charge in [-0.2, -0.15) is 0 Å². The van der Waals surface area contributed by atoms with E-state index in [1.165, 1.54) is 128 Å². The molecule has 0 heterocycles. The summed E-state index contributed by atoms with van der Waals surface area (Å²) < 4.78 is 0. The Morgan fingerprint density at radius 1 is 0.148 bits per heavy atom. The largest absolute Gasteiger partial charge is 0.311 e. The van der Waals surface area contributed by atoms with E-state index in [2.05, 4.69) is 559 Å². The van der Waals surface area contributed by atoms with Crippen molar-refractivity contribution in [3.05, 3.63) is 531 Å². The second-order valence-corrected chi connectivity index (χ2v) is 32.4. The smallest absolute Gasteiger partial charge is 0.0540 e. The van der Waals surface area contributed by atoms with E-state index in [0.29, 0.717) is 0 Å². The van der Waals surface area contributed by atoms with Crippen LogP contribution in [0.2, 0.25) is 0 Å². The van der Waals surface area contributed by atoms with E-state index in [-0.39, 0.29) is 27.7 Å². The summed E-state index contributed by atoms with van der Waals surface area (Å²) in [6.07, 6.45) is 0. The van der Waals surface area contributed by atoms with Gasteiger partial charge in [0, 0.05) is 73.5 Å². The fourth-order valence-corrected chi connectivity index (χ4v) is 16.6. The van der Waals surface area contributed by atoms with E-state index in [0.717, 1.165) is 51.2 Å². The maximum absolute atomic E-state index is 2.38. The van der Waals surface area contributed by atoms with Crippen LogP contribution in [-0.2, 0) is 5.41 Å². The minimum Gasteiger partial charge on any atom is -0.311 e. The average molecular weight is 1660 g/mol.